The predicted molar refractivity (Wildman–Crippen MR) is 138 cm³/mol. The lowest BCUT2D eigenvalue weighted by Gasteiger charge is -2.42. The SMILES string of the molecule is C=NC1(CC(CCCC(=COC=N)NC(=O)OC)(CC2(N=C)C(=O)C=CC2=O)NC(=O)OC)C(=O)C=CC1=O. The molecule has 3 N–H and O–H groups in total. The molecule has 39 heavy (non-hydrogen) atoms. The number of aliphatic imine (C=N–C) groups is 2. The zero-order valence-corrected chi connectivity index (χ0v) is 21.5. The Morgan fingerprint density at radius 3 is 1.77 bits per heavy atom. The third-order valence-electron chi connectivity index (χ3n) is 6.51. The van der Waals surface area contributed by atoms with E-state index >= 15 is 0 Å². The minimum absolute atomic E-state index is 0.0524. The molecule has 0 atom stereocenters. The fraction of sp³-hybridized carbons (Fsp3) is 0.400. The molecule has 0 spiro atoms. The number of rotatable bonds is 14. The Labute approximate surface area is 223 Å². The molecule has 14 nitrogen and oxygen atoms in total. The molecule has 0 aliphatic heterocycles. The highest BCUT2D eigenvalue weighted by atomic mass is 16.5. The second-order valence-electron chi connectivity index (χ2n) is 8.78. The van der Waals surface area contributed by atoms with Crippen molar-refractivity contribution in [1.29, 1.82) is 5.41 Å². The Morgan fingerprint density at radius 2 is 1.38 bits per heavy atom. The topological polar surface area (TPSA) is 203 Å². The van der Waals surface area contributed by atoms with Crippen LogP contribution in [0.4, 0.5) is 9.59 Å². The average Bonchev–Trinajstić information content (AvgIpc) is 3.36. The molecule has 2 amide bonds. The minimum atomic E-state index is -2.05. The van der Waals surface area contributed by atoms with Gasteiger partial charge < -0.3 is 19.5 Å². The smallest absolute Gasteiger partial charge is 0.411 e. The van der Waals surface area contributed by atoms with Gasteiger partial charge in [0.15, 0.2) is 40.6 Å². The molecule has 0 radical (unpaired) electrons. The van der Waals surface area contributed by atoms with Gasteiger partial charge in [-0.05, 0) is 57.0 Å². The van der Waals surface area contributed by atoms with Crippen molar-refractivity contribution in [2.45, 2.75) is 48.7 Å². The van der Waals surface area contributed by atoms with Crippen LogP contribution < -0.4 is 10.6 Å². The lowest BCUT2D eigenvalue weighted by atomic mass is 9.69. The van der Waals surface area contributed by atoms with Gasteiger partial charge in [-0.15, -0.1) is 0 Å². The lowest BCUT2D eigenvalue weighted by molar-refractivity contribution is -0.129. The van der Waals surface area contributed by atoms with Crippen molar-refractivity contribution in [1.82, 2.24) is 10.6 Å². The quantitative estimate of drug-likeness (QED) is 0.124. The molecule has 0 unspecified atom stereocenters. The minimum Gasteiger partial charge on any atom is -0.453 e. The first-order chi connectivity index (χ1) is 18.5. The molecule has 0 aromatic carbocycles. The van der Waals surface area contributed by atoms with Crippen molar-refractivity contribution < 1.29 is 43.0 Å². The number of nitrogens with one attached hydrogen (secondary N) is 3. The molecular weight excluding hydrogens is 514 g/mol. The van der Waals surface area contributed by atoms with Crippen LogP contribution in [0.5, 0.6) is 0 Å². The normalized spacial score (nSPS) is 17.5. The number of carbonyl (C=O) groups is 6. The van der Waals surface area contributed by atoms with Crippen molar-refractivity contribution in [2.75, 3.05) is 14.2 Å². The molecule has 0 aromatic heterocycles. The summed E-state index contributed by atoms with van der Waals surface area (Å²) in [5.74, 6) is -2.80. The van der Waals surface area contributed by atoms with E-state index in [1.807, 2.05) is 0 Å². The number of ketones is 4. The summed E-state index contributed by atoms with van der Waals surface area (Å²) in [4.78, 5) is 83.4. The van der Waals surface area contributed by atoms with Crippen LogP contribution in [-0.4, -0.2) is 86.0 Å². The zero-order chi connectivity index (χ0) is 29.3. The van der Waals surface area contributed by atoms with E-state index in [9.17, 15) is 28.8 Å². The summed E-state index contributed by atoms with van der Waals surface area (Å²) < 4.78 is 14.2. The summed E-state index contributed by atoms with van der Waals surface area (Å²) in [5, 5.41) is 12.1. The summed E-state index contributed by atoms with van der Waals surface area (Å²) in [7, 11) is 2.23. The number of alkyl carbamates (subject to hydrolysis) is 2. The number of hydrogen-bond acceptors (Lipinski definition) is 12. The second kappa shape index (κ2) is 12.7. The van der Waals surface area contributed by atoms with Gasteiger partial charge in [-0.1, -0.05) is 0 Å². The Bertz CT molecular complexity index is 1090. The van der Waals surface area contributed by atoms with Crippen molar-refractivity contribution >= 4 is 55.2 Å². The average molecular weight is 544 g/mol. The molecule has 2 rings (SSSR count). The van der Waals surface area contributed by atoms with Gasteiger partial charge in [-0.3, -0.25) is 39.9 Å². The van der Waals surface area contributed by atoms with E-state index in [0.29, 0.717) is 6.40 Å². The summed E-state index contributed by atoms with van der Waals surface area (Å²) in [6.07, 6.45) is 3.09. The maximum Gasteiger partial charge on any atom is 0.411 e. The van der Waals surface area contributed by atoms with E-state index in [1.54, 1.807) is 0 Å². The fourth-order valence-corrected chi connectivity index (χ4v) is 4.57. The van der Waals surface area contributed by atoms with E-state index in [0.717, 1.165) is 44.8 Å². The van der Waals surface area contributed by atoms with Crippen molar-refractivity contribution in [3.8, 4) is 0 Å². The largest absolute Gasteiger partial charge is 0.453 e. The Hall–Kier alpha value is -4.75. The highest BCUT2D eigenvalue weighted by Gasteiger charge is 2.57. The maximum atomic E-state index is 12.9. The second-order valence-corrected chi connectivity index (χ2v) is 8.78. The van der Waals surface area contributed by atoms with Crippen molar-refractivity contribution in [2.24, 2.45) is 9.98 Å². The monoisotopic (exact) mass is 543 g/mol. The number of ether oxygens (including phenoxy) is 3. The molecule has 0 aromatic rings. The first kappa shape index (κ1) is 30.5. The molecule has 14 heteroatoms. The van der Waals surface area contributed by atoms with Crippen LogP contribution in [0.3, 0.4) is 0 Å². The van der Waals surface area contributed by atoms with Crippen LogP contribution in [-0.2, 0) is 33.4 Å². The first-order valence-electron chi connectivity index (χ1n) is 11.5. The predicted octanol–water partition coefficient (Wildman–Crippen LogP) is 1.15. The highest BCUT2D eigenvalue weighted by molar-refractivity contribution is 6.27. The molecule has 0 saturated carbocycles. The lowest BCUT2D eigenvalue weighted by Crippen LogP contribution is -2.60. The Morgan fingerprint density at radius 1 is 0.923 bits per heavy atom. The zero-order valence-electron chi connectivity index (χ0n) is 21.5. The van der Waals surface area contributed by atoms with E-state index in [-0.39, 0.29) is 25.0 Å². The molecule has 0 saturated heterocycles. The van der Waals surface area contributed by atoms with Gasteiger partial charge >= 0.3 is 12.2 Å². The van der Waals surface area contributed by atoms with Crippen molar-refractivity contribution in [3.05, 3.63) is 36.3 Å². The number of allylic oxidation sites excluding steroid dienone is 1. The van der Waals surface area contributed by atoms with E-state index in [2.05, 4.69) is 38.8 Å². The van der Waals surface area contributed by atoms with Gasteiger partial charge in [0.25, 0.3) is 0 Å². The van der Waals surface area contributed by atoms with Gasteiger partial charge in [-0.25, -0.2) is 9.59 Å². The fourth-order valence-electron chi connectivity index (χ4n) is 4.57. The van der Waals surface area contributed by atoms with Gasteiger partial charge in [0.2, 0.25) is 0 Å². The van der Waals surface area contributed by atoms with Gasteiger partial charge in [0.1, 0.15) is 6.26 Å². The van der Waals surface area contributed by atoms with E-state index in [4.69, 9.17) is 14.9 Å². The highest BCUT2D eigenvalue weighted by Crippen LogP contribution is 2.41. The number of carbonyl (C=O) groups excluding carboxylic acids is 6. The molecule has 0 bridgehead atoms. The molecule has 0 heterocycles. The molecule has 208 valence electrons. The number of amides is 2. The third-order valence-corrected chi connectivity index (χ3v) is 6.51. The number of nitrogens with zero attached hydrogens (tertiary/aromatic N) is 2. The third kappa shape index (κ3) is 6.40. The summed E-state index contributed by atoms with van der Waals surface area (Å²) in [6.45, 7) is 6.83. The summed E-state index contributed by atoms with van der Waals surface area (Å²) in [6, 6.07) is 0. The van der Waals surface area contributed by atoms with Gasteiger partial charge in [0.05, 0.1) is 19.9 Å². The van der Waals surface area contributed by atoms with Gasteiger partial charge in [-0.2, -0.15) is 0 Å². The standard InChI is InChI=1S/C25H29N5O9/c1-27-24(17(31)7-8-18(24)32)13-23(30-22(36)38-4,14-25(28-2)19(33)9-10-20(25)34)11-5-6-16(12-39-15-26)29-21(35)37-3/h7-10,12,15,26H,1-2,5-6,11,13-14H2,3-4H3,(H,29,35)(H,30,36). The molecule has 2 aliphatic rings. The number of methoxy groups -OCH3 is 2. The Balaban J connectivity index is 2.58. The van der Waals surface area contributed by atoms with Gasteiger partial charge in [0, 0.05) is 18.4 Å². The van der Waals surface area contributed by atoms with Crippen LogP contribution in [0.25, 0.3) is 0 Å². The summed E-state index contributed by atoms with van der Waals surface area (Å²) in [5.41, 5.74) is -5.61. The maximum absolute atomic E-state index is 12.9. The van der Waals surface area contributed by atoms with E-state index in [1.165, 1.54) is 0 Å². The summed E-state index contributed by atoms with van der Waals surface area (Å²) >= 11 is 0. The number of hydrogen-bond donors (Lipinski definition) is 3. The Kier molecular flexibility index (Phi) is 9.90. The molecular formula is C25H29N5O9. The first-order valence-corrected chi connectivity index (χ1v) is 11.5. The molecule has 2 aliphatic carbocycles. The van der Waals surface area contributed by atoms with Crippen LogP contribution in [0.2, 0.25) is 0 Å². The van der Waals surface area contributed by atoms with Crippen LogP contribution >= 0.6 is 0 Å². The molecule has 0 fully saturated rings. The van der Waals surface area contributed by atoms with Crippen molar-refractivity contribution in [3.63, 3.8) is 0 Å². The van der Waals surface area contributed by atoms with Crippen LogP contribution in [0.15, 0.2) is 46.2 Å². The van der Waals surface area contributed by atoms with Crippen LogP contribution in [0.1, 0.15) is 32.1 Å². The van der Waals surface area contributed by atoms with Crippen LogP contribution in [0, 0.1) is 5.41 Å². The van der Waals surface area contributed by atoms with E-state index < -0.39 is 64.8 Å².